The van der Waals surface area contributed by atoms with Crippen molar-refractivity contribution in [3.63, 3.8) is 0 Å². The molecule has 0 atom stereocenters. The van der Waals surface area contributed by atoms with Crippen LogP contribution in [0.5, 0.6) is 11.5 Å². The summed E-state index contributed by atoms with van der Waals surface area (Å²) in [6.07, 6.45) is 11.7. The van der Waals surface area contributed by atoms with Crippen molar-refractivity contribution in [3.8, 4) is 11.5 Å². The molecule has 0 heterocycles. The summed E-state index contributed by atoms with van der Waals surface area (Å²) in [5, 5.41) is 9.91. The lowest BCUT2D eigenvalue weighted by Crippen LogP contribution is -2.10. The topological polar surface area (TPSA) is 46.5 Å². The van der Waals surface area contributed by atoms with Crippen molar-refractivity contribution in [2.45, 2.75) is 78.1 Å². The molecule has 0 saturated heterocycles. The van der Waals surface area contributed by atoms with Crippen molar-refractivity contribution in [2.75, 3.05) is 0 Å². The van der Waals surface area contributed by atoms with E-state index in [4.69, 9.17) is 4.74 Å². The number of hydrogen-bond acceptors (Lipinski definition) is 3. The quantitative estimate of drug-likeness (QED) is 0.248. The van der Waals surface area contributed by atoms with Crippen molar-refractivity contribution in [2.24, 2.45) is 0 Å². The Hall–Kier alpha value is -2.29. The van der Waals surface area contributed by atoms with Crippen LogP contribution in [0.1, 0.15) is 86.7 Å². The van der Waals surface area contributed by atoms with Gasteiger partial charge in [-0.3, -0.25) is 0 Å². The fraction of sp³-hybridized carbons (Fsp3) is 0.480. The van der Waals surface area contributed by atoms with E-state index in [0.717, 1.165) is 37.7 Å². The van der Waals surface area contributed by atoms with Crippen molar-refractivity contribution in [1.29, 1.82) is 0 Å². The van der Waals surface area contributed by atoms with Gasteiger partial charge in [0.15, 0.2) is 0 Å². The van der Waals surface area contributed by atoms with E-state index in [0.29, 0.717) is 5.75 Å². The highest BCUT2D eigenvalue weighted by atomic mass is 16.5. The number of phenolic OH excluding ortho intramolecular Hbond substituents is 1. The molecule has 2 rings (SSSR count). The van der Waals surface area contributed by atoms with Crippen LogP contribution >= 0.6 is 0 Å². The summed E-state index contributed by atoms with van der Waals surface area (Å²) in [5.74, 6) is 0.0511. The van der Waals surface area contributed by atoms with E-state index >= 15 is 0 Å². The fourth-order valence-electron chi connectivity index (χ4n) is 3.36. The number of carbonyl (C=O) groups excluding carboxylic acids is 1. The Morgan fingerprint density at radius 3 is 2.32 bits per heavy atom. The molecule has 0 saturated carbocycles. The van der Waals surface area contributed by atoms with Gasteiger partial charge in [0.2, 0.25) is 0 Å². The third kappa shape index (κ3) is 7.03. The van der Waals surface area contributed by atoms with E-state index in [1.807, 2.05) is 12.1 Å². The van der Waals surface area contributed by atoms with Crippen molar-refractivity contribution < 1.29 is 14.6 Å². The summed E-state index contributed by atoms with van der Waals surface area (Å²) >= 11 is 0. The molecule has 0 aliphatic heterocycles. The summed E-state index contributed by atoms with van der Waals surface area (Å²) < 4.78 is 5.67. The summed E-state index contributed by atoms with van der Waals surface area (Å²) in [7, 11) is 0. The average Bonchev–Trinajstić information content (AvgIpc) is 2.70. The van der Waals surface area contributed by atoms with Gasteiger partial charge in [0.05, 0.1) is 0 Å². The monoisotopic (exact) mass is 382 g/mol. The van der Waals surface area contributed by atoms with E-state index in [9.17, 15) is 9.90 Å². The first-order valence-electron chi connectivity index (χ1n) is 10.8. The number of aryl methyl sites for hydroxylation is 2. The van der Waals surface area contributed by atoms with E-state index in [-0.39, 0.29) is 11.3 Å². The summed E-state index contributed by atoms with van der Waals surface area (Å²) in [6.45, 7) is 4.42. The molecule has 0 bridgehead atoms. The van der Waals surface area contributed by atoms with Gasteiger partial charge < -0.3 is 9.84 Å². The lowest BCUT2D eigenvalue weighted by Gasteiger charge is -2.13. The summed E-state index contributed by atoms with van der Waals surface area (Å²) in [6, 6.07) is 12.7. The molecular formula is C25H34O3. The molecule has 2 aromatic carbocycles. The number of phenols is 1. The maximum absolute atomic E-state index is 12.5. The van der Waals surface area contributed by atoms with Crippen LogP contribution < -0.4 is 4.74 Å². The number of ether oxygens (including phenoxy) is 1. The molecule has 1 N–H and O–H groups in total. The molecular weight excluding hydrogens is 348 g/mol. The molecule has 3 nitrogen and oxygen atoms in total. The van der Waals surface area contributed by atoms with Crippen LogP contribution in [-0.4, -0.2) is 11.1 Å². The number of benzene rings is 2. The number of para-hydroxylation sites is 1. The second-order valence-corrected chi connectivity index (χ2v) is 7.47. The van der Waals surface area contributed by atoms with E-state index in [2.05, 4.69) is 19.9 Å². The second-order valence-electron chi connectivity index (χ2n) is 7.47. The van der Waals surface area contributed by atoms with Gasteiger partial charge in [-0.05, 0) is 55.0 Å². The minimum atomic E-state index is -0.511. The molecule has 0 aliphatic rings. The fourth-order valence-corrected chi connectivity index (χ4v) is 3.36. The van der Waals surface area contributed by atoms with Crippen molar-refractivity contribution >= 4 is 5.97 Å². The predicted molar refractivity (Wildman–Crippen MR) is 115 cm³/mol. The lowest BCUT2D eigenvalue weighted by atomic mass is 10.00. The molecule has 0 radical (unpaired) electrons. The molecule has 0 aromatic heterocycles. The number of aromatic hydroxyl groups is 1. The van der Waals surface area contributed by atoms with Crippen LogP contribution in [0, 0.1) is 0 Å². The molecule has 28 heavy (non-hydrogen) atoms. The van der Waals surface area contributed by atoms with Crippen LogP contribution in [0.2, 0.25) is 0 Å². The summed E-state index contributed by atoms with van der Waals surface area (Å²) in [5.41, 5.74) is 2.58. The normalized spacial score (nSPS) is 10.8. The van der Waals surface area contributed by atoms with Gasteiger partial charge in [-0.2, -0.15) is 0 Å². The Labute approximate surface area is 169 Å². The third-order valence-electron chi connectivity index (χ3n) is 5.07. The molecule has 0 spiro atoms. The lowest BCUT2D eigenvalue weighted by molar-refractivity contribution is 0.0730. The van der Waals surface area contributed by atoms with E-state index < -0.39 is 5.97 Å². The summed E-state index contributed by atoms with van der Waals surface area (Å²) in [4.78, 5) is 12.5. The van der Waals surface area contributed by atoms with Crippen molar-refractivity contribution in [3.05, 3.63) is 59.2 Å². The first kappa shape index (κ1) is 22.0. The molecule has 0 aliphatic carbocycles. The Morgan fingerprint density at radius 1 is 0.857 bits per heavy atom. The minimum Gasteiger partial charge on any atom is -0.507 e. The second kappa shape index (κ2) is 12.2. The largest absolute Gasteiger partial charge is 0.507 e. The van der Waals surface area contributed by atoms with Gasteiger partial charge in [0.25, 0.3) is 0 Å². The average molecular weight is 383 g/mol. The zero-order valence-corrected chi connectivity index (χ0v) is 17.4. The standard InChI is InChI=1S/C25H34O3/c1-3-5-7-8-9-10-14-21-19-20(13-6-4-2)17-18-24(21)28-25(27)22-15-11-12-16-23(22)26/h11-12,15-19,26H,3-10,13-14H2,1-2H3. The molecule has 152 valence electrons. The maximum Gasteiger partial charge on any atom is 0.347 e. The van der Waals surface area contributed by atoms with E-state index in [1.165, 1.54) is 43.7 Å². The maximum atomic E-state index is 12.5. The number of hydrogen-bond donors (Lipinski definition) is 1. The first-order valence-corrected chi connectivity index (χ1v) is 10.8. The van der Waals surface area contributed by atoms with Crippen LogP contribution in [0.25, 0.3) is 0 Å². The Balaban J connectivity index is 2.07. The zero-order chi connectivity index (χ0) is 20.2. The SMILES string of the molecule is CCCCCCCCc1cc(CCCC)ccc1OC(=O)c1ccccc1O. The van der Waals surface area contributed by atoms with Gasteiger partial charge in [-0.25, -0.2) is 4.79 Å². The predicted octanol–water partition coefficient (Wildman–Crippen LogP) is 6.86. The Morgan fingerprint density at radius 2 is 1.57 bits per heavy atom. The van der Waals surface area contributed by atoms with Gasteiger partial charge in [0, 0.05) is 0 Å². The van der Waals surface area contributed by atoms with Crippen LogP contribution in [0.3, 0.4) is 0 Å². The van der Waals surface area contributed by atoms with Gasteiger partial charge in [-0.1, -0.05) is 76.6 Å². The number of rotatable bonds is 12. The van der Waals surface area contributed by atoms with E-state index in [1.54, 1.807) is 18.2 Å². The highest BCUT2D eigenvalue weighted by Gasteiger charge is 2.15. The Bertz CT molecular complexity index is 736. The highest BCUT2D eigenvalue weighted by molar-refractivity contribution is 5.93. The third-order valence-corrected chi connectivity index (χ3v) is 5.07. The molecule has 0 amide bonds. The number of carbonyl (C=O) groups is 1. The van der Waals surface area contributed by atoms with Crippen molar-refractivity contribution in [1.82, 2.24) is 0 Å². The first-order chi connectivity index (χ1) is 13.7. The van der Waals surface area contributed by atoms with Gasteiger partial charge in [-0.15, -0.1) is 0 Å². The number of unbranched alkanes of at least 4 members (excludes halogenated alkanes) is 6. The smallest absolute Gasteiger partial charge is 0.347 e. The van der Waals surface area contributed by atoms with Crippen LogP contribution in [0.15, 0.2) is 42.5 Å². The molecule has 0 fully saturated rings. The van der Waals surface area contributed by atoms with Gasteiger partial charge >= 0.3 is 5.97 Å². The van der Waals surface area contributed by atoms with Crippen LogP contribution in [0.4, 0.5) is 0 Å². The van der Waals surface area contributed by atoms with Gasteiger partial charge in [0.1, 0.15) is 17.1 Å². The van der Waals surface area contributed by atoms with Crippen LogP contribution in [-0.2, 0) is 12.8 Å². The molecule has 2 aromatic rings. The zero-order valence-electron chi connectivity index (χ0n) is 17.4. The molecule has 0 unspecified atom stereocenters. The number of esters is 1. The Kier molecular flexibility index (Phi) is 9.61. The highest BCUT2D eigenvalue weighted by Crippen LogP contribution is 2.26. The minimum absolute atomic E-state index is 0.0514. The molecule has 3 heteroatoms.